The quantitative estimate of drug-likeness (QED) is 0.691. The van der Waals surface area contributed by atoms with Crippen molar-refractivity contribution in [3.63, 3.8) is 0 Å². The third-order valence-electron chi connectivity index (χ3n) is 1.60. The van der Waals surface area contributed by atoms with Crippen molar-refractivity contribution >= 4 is 0 Å². The fraction of sp³-hybridized carbons (Fsp3) is 0.300. The zero-order chi connectivity index (χ0) is 10.4. The summed E-state index contributed by atoms with van der Waals surface area (Å²) < 4.78 is 22.9. The van der Waals surface area contributed by atoms with Crippen LogP contribution in [0.1, 0.15) is 6.42 Å². The topological polar surface area (TPSA) is 42.2 Å². The Morgan fingerprint density at radius 1 is 1.43 bits per heavy atom. The van der Waals surface area contributed by atoms with Gasteiger partial charge in [0.05, 0.1) is 19.6 Å². The lowest BCUT2D eigenvalue weighted by Crippen LogP contribution is -1.98. The molecule has 0 aromatic heterocycles. The van der Waals surface area contributed by atoms with E-state index < -0.39 is 0 Å². The Morgan fingerprint density at radius 2 is 2.21 bits per heavy atom. The summed E-state index contributed by atoms with van der Waals surface area (Å²) in [5, 5.41) is 8.29. The first kappa shape index (κ1) is 10.3. The van der Waals surface area contributed by atoms with Gasteiger partial charge in [0, 0.05) is 6.07 Å². The van der Waals surface area contributed by atoms with Crippen LogP contribution in [0.4, 0.5) is 4.39 Å². The summed E-state index contributed by atoms with van der Waals surface area (Å²) in [5.41, 5.74) is 0. The van der Waals surface area contributed by atoms with Gasteiger partial charge in [-0.15, -0.1) is 0 Å². The van der Waals surface area contributed by atoms with E-state index in [1.807, 2.05) is 6.07 Å². The number of hydrogen-bond donors (Lipinski definition) is 0. The molecule has 0 unspecified atom stereocenters. The number of methoxy groups -OCH3 is 1. The van der Waals surface area contributed by atoms with E-state index in [4.69, 9.17) is 14.7 Å². The second kappa shape index (κ2) is 5.07. The number of rotatable bonds is 4. The van der Waals surface area contributed by atoms with Gasteiger partial charge in [0.15, 0.2) is 11.5 Å². The molecule has 0 saturated carbocycles. The highest BCUT2D eigenvalue weighted by molar-refractivity contribution is 5.39. The van der Waals surface area contributed by atoms with Crippen molar-refractivity contribution < 1.29 is 13.9 Å². The first-order chi connectivity index (χ1) is 6.77. The fourth-order valence-electron chi connectivity index (χ4n) is 0.967. The van der Waals surface area contributed by atoms with E-state index in [2.05, 4.69) is 0 Å². The lowest BCUT2D eigenvalue weighted by molar-refractivity contribution is 0.300. The average Bonchev–Trinajstić information content (AvgIpc) is 2.20. The van der Waals surface area contributed by atoms with Gasteiger partial charge in [-0.3, -0.25) is 0 Å². The van der Waals surface area contributed by atoms with Crippen molar-refractivity contribution in [3.8, 4) is 17.6 Å². The second-order valence-corrected chi connectivity index (χ2v) is 2.55. The number of hydrogen-bond acceptors (Lipinski definition) is 3. The van der Waals surface area contributed by atoms with Crippen LogP contribution < -0.4 is 9.47 Å². The molecule has 0 amide bonds. The number of halogens is 1. The predicted octanol–water partition coefficient (Wildman–Crippen LogP) is 2.13. The van der Waals surface area contributed by atoms with Crippen LogP contribution in [-0.2, 0) is 0 Å². The Balaban J connectivity index is 2.71. The van der Waals surface area contributed by atoms with Gasteiger partial charge in [0.25, 0.3) is 0 Å². The summed E-state index contributed by atoms with van der Waals surface area (Å²) in [7, 11) is 1.44. The van der Waals surface area contributed by atoms with Crippen molar-refractivity contribution in [1.29, 1.82) is 5.26 Å². The molecule has 3 nitrogen and oxygen atoms in total. The monoisotopic (exact) mass is 195 g/mol. The lowest BCUT2D eigenvalue weighted by Gasteiger charge is -2.08. The standard InChI is InChI=1S/C10H10FNO2/c1-13-10-7-8(11)3-4-9(10)14-6-2-5-12/h3-4,7H,2,6H2,1H3. The minimum Gasteiger partial charge on any atom is -0.493 e. The molecule has 0 atom stereocenters. The number of ether oxygens (including phenoxy) is 2. The molecule has 1 aromatic carbocycles. The van der Waals surface area contributed by atoms with E-state index in [0.717, 1.165) is 0 Å². The Labute approximate surface area is 81.7 Å². The highest BCUT2D eigenvalue weighted by Gasteiger charge is 2.04. The molecule has 1 rings (SSSR count). The van der Waals surface area contributed by atoms with E-state index in [0.29, 0.717) is 17.9 Å². The fourth-order valence-corrected chi connectivity index (χ4v) is 0.967. The molecule has 4 heteroatoms. The maximum Gasteiger partial charge on any atom is 0.163 e. The normalized spacial score (nSPS) is 9.21. The predicted molar refractivity (Wildman–Crippen MR) is 48.7 cm³/mol. The highest BCUT2D eigenvalue weighted by atomic mass is 19.1. The minimum atomic E-state index is -0.380. The van der Waals surface area contributed by atoms with Crippen molar-refractivity contribution in [2.24, 2.45) is 0 Å². The van der Waals surface area contributed by atoms with Crippen molar-refractivity contribution in [2.75, 3.05) is 13.7 Å². The van der Waals surface area contributed by atoms with Gasteiger partial charge in [-0.25, -0.2) is 4.39 Å². The third-order valence-corrected chi connectivity index (χ3v) is 1.60. The van der Waals surface area contributed by atoms with Crippen molar-refractivity contribution in [2.45, 2.75) is 6.42 Å². The summed E-state index contributed by atoms with van der Waals surface area (Å²) in [6, 6.07) is 5.94. The van der Waals surface area contributed by atoms with Gasteiger partial charge >= 0.3 is 0 Å². The SMILES string of the molecule is COc1cc(F)ccc1OCCC#N. The maximum atomic E-state index is 12.7. The molecule has 0 N–H and O–H groups in total. The molecule has 0 spiro atoms. The molecular formula is C10H10FNO2. The maximum absolute atomic E-state index is 12.7. The van der Waals surface area contributed by atoms with Gasteiger partial charge in [-0.1, -0.05) is 0 Å². The Morgan fingerprint density at radius 3 is 2.86 bits per heavy atom. The summed E-state index contributed by atoms with van der Waals surface area (Å²) in [5.74, 6) is 0.404. The summed E-state index contributed by atoms with van der Waals surface area (Å²) in [4.78, 5) is 0. The smallest absolute Gasteiger partial charge is 0.163 e. The van der Waals surface area contributed by atoms with E-state index in [-0.39, 0.29) is 12.4 Å². The van der Waals surface area contributed by atoms with Crippen LogP contribution in [0.3, 0.4) is 0 Å². The van der Waals surface area contributed by atoms with E-state index in [1.54, 1.807) is 0 Å². The van der Waals surface area contributed by atoms with Crippen LogP contribution in [0.5, 0.6) is 11.5 Å². The van der Waals surface area contributed by atoms with Crippen molar-refractivity contribution in [3.05, 3.63) is 24.0 Å². The lowest BCUT2D eigenvalue weighted by atomic mass is 10.3. The summed E-state index contributed by atoms with van der Waals surface area (Å²) in [6.45, 7) is 0.276. The molecule has 14 heavy (non-hydrogen) atoms. The zero-order valence-corrected chi connectivity index (χ0v) is 7.79. The largest absolute Gasteiger partial charge is 0.493 e. The van der Waals surface area contributed by atoms with Gasteiger partial charge in [0.2, 0.25) is 0 Å². The van der Waals surface area contributed by atoms with Crippen LogP contribution in [0.15, 0.2) is 18.2 Å². The Kier molecular flexibility index (Phi) is 3.74. The molecule has 0 aliphatic carbocycles. The van der Waals surface area contributed by atoms with Gasteiger partial charge in [0.1, 0.15) is 12.4 Å². The highest BCUT2D eigenvalue weighted by Crippen LogP contribution is 2.27. The van der Waals surface area contributed by atoms with Crippen LogP contribution in [0.2, 0.25) is 0 Å². The minimum absolute atomic E-state index is 0.276. The summed E-state index contributed by atoms with van der Waals surface area (Å²) >= 11 is 0. The number of nitrogens with zero attached hydrogens (tertiary/aromatic N) is 1. The van der Waals surface area contributed by atoms with E-state index >= 15 is 0 Å². The first-order valence-electron chi connectivity index (χ1n) is 4.11. The average molecular weight is 195 g/mol. The second-order valence-electron chi connectivity index (χ2n) is 2.55. The Hall–Kier alpha value is -1.76. The molecular weight excluding hydrogens is 185 g/mol. The molecule has 0 fully saturated rings. The molecule has 0 aliphatic heterocycles. The molecule has 0 aliphatic rings. The first-order valence-corrected chi connectivity index (χ1v) is 4.11. The van der Waals surface area contributed by atoms with Gasteiger partial charge in [-0.05, 0) is 12.1 Å². The van der Waals surface area contributed by atoms with Crippen LogP contribution in [-0.4, -0.2) is 13.7 Å². The Bertz CT molecular complexity index is 346. The van der Waals surface area contributed by atoms with Crippen molar-refractivity contribution in [1.82, 2.24) is 0 Å². The summed E-state index contributed by atoms with van der Waals surface area (Å²) in [6.07, 6.45) is 0.292. The van der Waals surface area contributed by atoms with E-state index in [1.165, 1.54) is 25.3 Å². The van der Waals surface area contributed by atoms with E-state index in [9.17, 15) is 4.39 Å². The van der Waals surface area contributed by atoms with Gasteiger partial charge < -0.3 is 9.47 Å². The van der Waals surface area contributed by atoms with Crippen LogP contribution >= 0.6 is 0 Å². The molecule has 0 bridgehead atoms. The molecule has 74 valence electrons. The molecule has 0 radical (unpaired) electrons. The van der Waals surface area contributed by atoms with Gasteiger partial charge in [-0.2, -0.15) is 5.26 Å². The molecule has 1 aromatic rings. The molecule has 0 saturated heterocycles. The van der Waals surface area contributed by atoms with Crippen LogP contribution in [0, 0.1) is 17.1 Å². The zero-order valence-electron chi connectivity index (χ0n) is 7.79. The third kappa shape index (κ3) is 2.63. The molecule has 0 heterocycles. The number of benzene rings is 1. The van der Waals surface area contributed by atoms with Crippen LogP contribution in [0.25, 0.3) is 0 Å². The number of nitriles is 1.